The second kappa shape index (κ2) is 9.48. The first-order valence-electron chi connectivity index (χ1n) is 7.68. The zero-order valence-corrected chi connectivity index (χ0v) is 15.6. The molecule has 0 saturated heterocycles. The Balaban J connectivity index is 2.03. The van der Waals surface area contributed by atoms with Gasteiger partial charge in [0, 0.05) is 11.2 Å². The fourth-order valence-electron chi connectivity index (χ4n) is 2.24. The monoisotopic (exact) mass is 381 g/mol. The van der Waals surface area contributed by atoms with Crippen molar-refractivity contribution in [1.82, 2.24) is 15.1 Å². The summed E-state index contributed by atoms with van der Waals surface area (Å²) in [4.78, 5) is 24.2. The van der Waals surface area contributed by atoms with E-state index in [0.29, 0.717) is 23.6 Å². The van der Waals surface area contributed by atoms with Crippen LogP contribution in [0.25, 0.3) is 0 Å². The summed E-state index contributed by atoms with van der Waals surface area (Å²) >= 11 is 7.74. The number of hydrogen-bond donors (Lipinski definition) is 1. The lowest BCUT2D eigenvalue weighted by atomic mass is 10.2. The first-order chi connectivity index (χ1) is 12.0. The van der Waals surface area contributed by atoms with Gasteiger partial charge in [-0.25, -0.2) is 4.79 Å². The van der Waals surface area contributed by atoms with E-state index in [9.17, 15) is 9.59 Å². The summed E-state index contributed by atoms with van der Waals surface area (Å²) in [6, 6.07) is 6.79. The van der Waals surface area contributed by atoms with Crippen molar-refractivity contribution >= 4 is 35.2 Å². The molecule has 0 spiro atoms. The molecular formula is C17H20ClN3O3S. The number of halogens is 1. The number of hydrogen-bond acceptors (Lipinski definition) is 5. The Morgan fingerprint density at radius 3 is 2.84 bits per heavy atom. The smallest absolute Gasteiger partial charge is 0.328 e. The quantitative estimate of drug-likeness (QED) is 0.711. The predicted octanol–water partition coefficient (Wildman–Crippen LogP) is 2.61. The average molecular weight is 382 g/mol. The van der Waals surface area contributed by atoms with Crippen LogP contribution in [0.2, 0.25) is 5.02 Å². The highest BCUT2D eigenvalue weighted by Crippen LogP contribution is 2.16. The van der Waals surface area contributed by atoms with E-state index in [-0.39, 0.29) is 5.91 Å². The van der Waals surface area contributed by atoms with E-state index in [0.717, 1.165) is 11.3 Å². The molecule has 0 aliphatic rings. The summed E-state index contributed by atoms with van der Waals surface area (Å²) < 4.78 is 6.38. The van der Waals surface area contributed by atoms with E-state index in [1.807, 2.05) is 24.5 Å². The molecule has 0 saturated carbocycles. The van der Waals surface area contributed by atoms with Crippen LogP contribution < -0.4 is 5.32 Å². The zero-order chi connectivity index (χ0) is 18.2. The van der Waals surface area contributed by atoms with Crippen molar-refractivity contribution in [2.45, 2.75) is 19.0 Å². The minimum Gasteiger partial charge on any atom is -0.467 e. The number of amides is 1. The first kappa shape index (κ1) is 19.3. The Labute approximate surface area is 155 Å². The lowest BCUT2D eigenvalue weighted by Crippen LogP contribution is -2.41. The van der Waals surface area contributed by atoms with Gasteiger partial charge in [-0.3, -0.25) is 9.48 Å². The standard InChI is InChI=1S/C17H20ClN3O3S/c1-24-17(23)15(7-8-25-2)20-16(22)13-9-19-21(11-13)10-12-5-3-4-6-14(12)18/h3-6,9,11,15H,7-8,10H2,1-2H3,(H,20,22). The lowest BCUT2D eigenvalue weighted by Gasteiger charge is -2.15. The number of methoxy groups -OCH3 is 1. The maximum absolute atomic E-state index is 12.4. The van der Waals surface area contributed by atoms with Gasteiger partial charge in [0.1, 0.15) is 6.04 Å². The van der Waals surface area contributed by atoms with Crippen LogP contribution in [-0.2, 0) is 16.1 Å². The molecule has 134 valence electrons. The summed E-state index contributed by atoms with van der Waals surface area (Å²) in [6.07, 6.45) is 5.54. The van der Waals surface area contributed by atoms with Gasteiger partial charge in [-0.2, -0.15) is 16.9 Å². The van der Waals surface area contributed by atoms with Crippen LogP contribution in [0, 0.1) is 0 Å². The van der Waals surface area contributed by atoms with Crippen LogP contribution in [0.15, 0.2) is 36.7 Å². The van der Waals surface area contributed by atoms with E-state index in [1.165, 1.54) is 13.3 Å². The van der Waals surface area contributed by atoms with Crippen LogP contribution in [0.4, 0.5) is 0 Å². The molecule has 2 rings (SSSR count). The number of esters is 1. The van der Waals surface area contributed by atoms with Crippen LogP contribution in [-0.4, -0.2) is 46.8 Å². The number of aromatic nitrogens is 2. The van der Waals surface area contributed by atoms with Crippen molar-refractivity contribution in [3.63, 3.8) is 0 Å². The Hall–Kier alpha value is -1.99. The Morgan fingerprint density at radius 1 is 1.40 bits per heavy atom. The molecule has 25 heavy (non-hydrogen) atoms. The highest BCUT2D eigenvalue weighted by molar-refractivity contribution is 7.98. The van der Waals surface area contributed by atoms with Gasteiger partial charge in [0.15, 0.2) is 0 Å². The molecule has 1 amide bonds. The van der Waals surface area contributed by atoms with Crippen LogP contribution >= 0.6 is 23.4 Å². The summed E-state index contributed by atoms with van der Waals surface area (Å²) in [5.74, 6) is -0.0704. The average Bonchev–Trinajstić information content (AvgIpc) is 3.08. The van der Waals surface area contributed by atoms with Gasteiger partial charge < -0.3 is 10.1 Å². The lowest BCUT2D eigenvalue weighted by molar-refractivity contribution is -0.142. The second-order valence-electron chi connectivity index (χ2n) is 5.35. The third kappa shape index (κ3) is 5.51. The summed E-state index contributed by atoms with van der Waals surface area (Å²) in [5, 5.41) is 7.53. The normalized spacial score (nSPS) is 11.8. The number of carbonyl (C=O) groups is 2. The van der Waals surface area contributed by atoms with Crippen LogP contribution in [0.3, 0.4) is 0 Å². The number of rotatable bonds is 8. The number of carbonyl (C=O) groups excluding carboxylic acids is 2. The molecule has 6 nitrogen and oxygen atoms in total. The fraction of sp³-hybridized carbons (Fsp3) is 0.353. The molecule has 0 bridgehead atoms. The van der Waals surface area contributed by atoms with E-state index < -0.39 is 12.0 Å². The van der Waals surface area contributed by atoms with Crippen molar-refractivity contribution in [3.05, 3.63) is 52.8 Å². The molecule has 1 aromatic carbocycles. The van der Waals surface area contributed by atoms with Gasteiger partial charge >= 0.3 is 5.97 Å². The maximum atomic E-state index is 12.4. The SMILES string of the molecule is COC(=O)C(CCSC)NC(=O)c1cnn(Cc2ccccc2Cl)c1. The first-order valence-corrected chi connectivity index (χ1v) is 9.45. The van der Waals surface area contributed by atoms with Gasteiger partial charge in [0.2, 0.25) is 0 Å². The van der Waals surface area contributed by atoms with Gasteiger partial charge in [-0.1, -0.05) is 29.8 Å². The summed E-state index contributed by atoms with van der Waals surface area (Å²) in [7, 11) is 1.31. The molecule has 0 fully saturated rings. The summed E-state index contributed by atoms with van der Waals surface area (Å²) in [5.41, 5.74) is 1.29. The van der Waals surface area contributed by atoms with Crippen molar-refractivity contribution in [1.29, 1.82) is 0 Å². The zero-order valence-electron chi connectivity index (χ0n) is 14.1. The van der Waals surface area contributed by atoms with Crippen molar-refractivity contribution in [2.24, 2.45) is 0 Å². The fourth-order valence-corrected chi connectivity index (χ4v) is 2.90. The van der Waals surface area contributed by atoms with Crippen molar-refractivity contribution in [3.8, 4) is 0 Å². The molecule has 1 aromatic heterocycles. The molecule has 1 N–H and O–H groups in total. The number of ether oxygens (including phenoxy) is 1. The molecule has 8 heteroatoms. The highest BCUT2D eigenvalue weighted by atomic mass is 35.5. The second-order valence-corrected chi connectivity index (χ2v) is 6.74. The van der Waals surface area contributed by atoms with Gasteiger partial charge in [0.05, 0.1) is 25.4 Å². The van der Waals surface area contributed by atoms with Gasteiger partial charge in [-0.15, -0.1) is 0 Å². The number of benzene rings is 1. The number of thioether (sulfide) groups is 1. The Kier molecular flexibility index (Phi) is 7.33. The molecule has 1 unspecified atom stereocenters. The largest absolute Gasteiger partial charge is 0.467 e. The predicted molar refractivity (Wildman–Crippen MR) is 99.1 cm³/mol. The molecular weight excluding hydrogens is 362 g/mol. The summed E-state index contributed by atoms with van der Waals surface area (Å²) in [6.45, 7) is 0.458. The van der Waals surface area contributed by atoms with Gasteiger partial charge in [-0.05, 0) is 30.1 Å². The number of nitrogens with one attached hydrogen (secondary N) is 1. The molecule has 1 heterocycles. The van der Waals surface area contributed by atoms with Crippen LogP contribution in [0.5, 0.6) is 0 Å². The van der Waals surface area contributed by atoms with E-state index in [2.05, 4.69) is 10.4 Å². The third-order valence-electron chi connectivity index (χ3n) is 3.59. The minimum absolute atomic E-state index is 0.359. The molecule has 2 aromatic rings. The third-order valence-corrected chi connectivity index (χ3v) is 4.60. The van der Waals surface area contributed by atoms with Crippen molar-refractivity contribution in [2.75, 3.05) is 19.1 Å². The number of nitrogens with zero attached hydrogens (tertiary/aromatic N) is 2. The molecule has 0 aliphatic heterocycles. The minimum atomic E-state index is -0.670. The highest BCUT2D eigenvalue weighted by Gasteiger charge is 2.22. The molecule has 0 aliphatic carbocycles. The molecule has 0 radical (unpaired) electrons. The Bertz CT molecular complexity index is 735. The van der Waals surface area contributed by atoms with Crippen molar-refractivity contribution < 1.29 is 14.3 Å². The molecule has 1 atom stereocenters. The van der Waals surface area contributed by atoms with Crippen LogP contribution in [0.1, 0.15) is 22.3 Å². The topological polar surface area (TPSA) is 73.2 Å². The Morgan fingerprint density at radius 2 is 2.16 bits per heavy atom. The van der Waals surface area contributed by atoms with Gasteiger partial charge in [0.25, 0.3) is 5.91 Å². The van der Waals surface area contributed by atoms with E-state index in [4.69, 9.17) is 16.3 Å². The van der Waals surface area contributed by atoms with E-state index in [1.54, 1.807) is 28.7 Å². The maximum Gasteiger partial charge on any atom is 0.328 e. The van der Waals surface area contributed by atoms with E-state index >= 15 is 0 Å².